The normalized spacial score (nSPS) is 15.7. The van der Waals surface area contributed by atoms with Gasteiger partial charge in [0.1, 0.15) is 0 Å². The second kappa shape index (κ2) is 10.5. The summed E-state index contributed by atoms with van der Waals surface area (Å²) in [5, 5.41) is 16.9. The molecule has 7 nitrogen and oxygen atoms in total. The third-order valence-corrected chi connectivity index (χ3v) is 8.16. The maximum Gasteiger partial charge on any atom is 0.236 e. The molecule has 1 atom stereocenters. The molecule has 1 N–H and O–H groups in total. The van der Waals surface area contributed by atoms with Gasteiger partial charge in [-0.2, -0.15) is 0 Å². The van der Waals surface area contributed by atoms with Crippen molar-refractivity contribution in [2.75, 3.05) is 17.7 Å². The molecule has 170 valence electrons. The van der Waals surface area contributed by atoms with Crippen molar-refractivity contribution in [2.24, 2.45) is 0 Å². The van der Waals surface area contributed by atoms with Crippen molar-refractivity contribution >= 4 is 61.4 Å². The molecule has 1 fully saturated rings. The highest BCUT2D eigenvalue weighted by atomic mass is 79.9. The fourth-order valence-corrected chi connectivity index (χ4v) is 6.14. The Balaban J connectivity index is 1.25. The van der Waals surface area contributed by atoms with E-state index in [4.69, 9.17) is 4.74 Å². The molecule has 0 unspecified atom stereocenters. The van der Waals surface area contributed by atoms with E-state index >= 15 is 0 Å². The number of amides is 1. The molecule has 11 heteroatoms. The number of hydrogen-bond acceptors (Lipinski definition) is 8. The molecule has 5 rings (SSSR count). The Labute approximate surface area is 211 Å². The SMILES string of the molecule is O=C(CSc1nnc(-c2cccs2)n1C[C@H]1CCCO1)Nc1nc(-c2cccc(Br)c2)cs1. The van der Waals surface area contributed by atoms with E-state index in [1.54, 1.807) is 11.3 Å². The standard InChI is InChI=1S/C22H20BrN5O2S3/c23-15-5-1-4-14(10-15)17-12-32-21(24-17)25-19(29)13-33-22-27-26-20(18-7-3-9-31-18)28(22)11-16-6-2-8-30-16/h1,3-5,7,9-10,12,16H,2,6,8,11,13H2,(H,24,25,29)/t16-/m1/s1. The van der Waals surface area contributed by atoms with Gasteiger partial charge in [-0.3, -0.25) is 9.36 Å². The number of nitrogens with one attached hydrogen (secondary N) is 1. The minimum absolute atomic E-state index is 0.125. The molecular weight excluding hydrogens is 542 g/mol. The molecule has 0 spiro atoms. The quantitative estimate of drug-likeness (QED) is 0.273. The molecule has 3 aromatic heterocycles. The number of thioether (sulfide) groups is 1. The Bertz CT molecular complexity index is 1230. The van der Waals surface area contributed by atoms with Crippen LogP contribution in [-0.2, 0) is 16.1 Å². The van der Waals surface area contributed by atoms with Gasteiger partial charge < -0.3 is 10.1 Å². The van der Waals surface area contributed by atoms with Crippen LogP contribution in [0.15, 0.2) is 56.8 Å². The molecule has 0 aliphatic carbocycles. The van der Waals surface area contributed by atoms with Gasteiger partial charge >= 0.3 is 0 Å². The van der Waals surface area contributed by atoms with Crippen molar-refractivity contribution in [1.82, 2.24) is 19.7 Å². The van der Waals surface area contributed by atoms with Crippen LogP contribution in [0.2, 0.25) is 0 Å². The van der Waals surface area contributed by atoms with Crippen LogP contribution in [0.3, 0.4) is 0 Å². The first-order valence-electron chi connectivity index (χ1n) is 10.4. The van der Waals surface area contributed by atoms with Crippen molar-refractivity contribution < 1.29 is 9.53 Å². The number of thiophene rings is 1. The molecule has 33 heavy (non-hydrogen) atoms. The lowest BCUT2D eigenvalue weighted by Crippen LogP contribution is -2.18. The molecule has 1 aliphatic heterocycles. The van der Waals surface area contributed by atoms with E-state index in [1.165, 1.54) is 23.1 Å². The lowest BCUT2D eigenvalue weighted by atomic mass is 10.2. The van der Waals surface area contributed by atoms with Gasteiger partial charge in [0, 0.05) is 22.0 Å². The van der Waals surface area contributed by atoms with Gasteiger partial charge in [-0.05, 0) is 36.4 Å². The van der Waals surface area contributed by atoms with E-state index in [2.05, 4.69) is 41.0 Å². The lowest BCUT2D eigenvalue weighted by molar-refractivity contribution is -0.113. The van der Waals surface area contributed by atoms with Gasteiger partial charge in [0.15, 0.2) is 16.1 Å². The summed E-state index contributed by atoms with van der Waals surface area (Å²) in [7, 11) is 0. The number of aromatic nitrogens is 4. The molecule has 1 amide bonds. The minimum Gasteiger partial charge on any atom is -0.376 e. The third-order valence-electron chi connectivity index (χ3n) is 5.07. The van der Waals surface area contributed by atoms with Crippen molar-refractivity contribution in [3.63, 3.8) is 0 Å². The summed E-state index contributed by atoms with van der Waals surface area (Å²) < 4.78 is 8.90. The van der Waals surface area contributed by atoms with Crippen LogP contribution in [0.25, 0.3) is 22.0 Å². The molecule has 0 saturated carbocycles. The maximum absolute atomic E-state index is 12.6. The van der Waals surface area contributed by atoms with Crippen LogP contribution >= 0.6 is 50.4 Å². The highest BCUT2D eigenvalue weighted by molar-refractivity contribution is 9.10. The summed E-state index contributed by atoms with van der Waals surface area (Å²) in [4.78, 5) is 18.2. The van der Waals surface area contributed by atoms with Gasteiger partial charge in [-0.15, -0.1) is 32.9 Å². The zero-order valence-corrected chi connectivity index (χ0v) is 21.5. The molecular formula is C22H20BrN5O2S3. The number of carbonyl (C=O) groups excluding carboxylic acids is 1. The van der Waals surface area contributed by atoms with Gasteiger partial charge in [-0.1, -0.05) is 45.9 Å². The Morgan fingerprint density at radius 1 is 1.27 bits per heavy atom. The summed E-state index contributed by atoms with van der Waals surface area (Å²) in [6.07, 6.45) is 2.25. The molecule has 1 aliphatic rings. The molecule has 1 saturated heterocycles. The molecule has 1 aromatic carbocycles. The van der Waals surface area contributed by atoms with Crippen LogP contribution in [0.1, 0.15) is 12.8 Å². The zero-order valence-electron chi connectivity index (χ0n) is 17.4. The van der Waals surface area contributed by atoms with Crippen molar-refractivity contribution in [3.8, 4) is 22.0 Å². The Morgan fingerprint density at radius 2 is 2.21 bits per heavy atom. The number of benzene rings is 1. The Kier molecular flexibility index (Phi) is 7.21. The van der Waals surface area contributed by atoms with Gasteiger partial charge in [0.25, 0.3) is 0 Å². The Morgan fingerprint density at radius 3 is 3.00 bits per heavy atom. The van der Waals surface area contributed by atoms with Crippen LogP contribution < -0.4 is 5.32 Å². The summed E-state index contributed by atoms with van der Waals surface area (Å²) in [5.41, 5.74) is 1.83. The zero-order chi connectivity index (χ0) is 22.6. The second-order valence-electron chi connectivity index (χ2n) is 7.41. The average molecular weight is 563 g/mol. The van der Waals surface area contributed by atoms with Gasteiger partial charge in [-0.25, -0.2) is 4.98 Å². The van der Waals surface area contributed by atoms with Gasteiger partial charge in [0.2, 0.25) is 5.91 Å². The molecule has 0 bridgehead atoms. The van der Waals surface area contributed by atoms with Crippen molar-refractivity contribution in [1.29, 1.82) is 0 Å². The predicted molar refractivity (Wildman–Crippen MR) is 137 cm³/mol. The number of carbonyl (C=O) groups is 1. The lowest BCUT2D eigenvalue weighted by Gasteiger charge is -2.14. The van der Waals surface area contributed by atoms with Gasteiger partial charge in [0.05, 0.1) is 29.0 Å². The number of rotatable bonds is 8. The number of ether oxygens (including phenoxy) is 1. The fourth-order valence-electron chi connectivity index (χ4n) is 3.54. The smallest absolute Gasteiger partial charge is 0.236 e. The van der Waals surface area contributed by atoms with Crippen molar-refractivity contribution in [2.45, 2.75) is 30.6 Å². The monoisotopic (exact) mass is 561 g/mol. The molecule has 4 aromatic rings. The van der Waals surface area contributed by atoms with Crippen LogP contribution in [-0.4, -0.2) is 44.1 Å². The second-order valence-corrected chi connectivity index (χ2v) is 11.1. The number of thiazole rings is 1. The number of halogens is 1. The summed E-state index contributed by atoms with van der Waals surface area (Å²) in [6, 6.07) is 12.0. The number of nitrogens with zero attached hydrogens (tertiary/aromatic N) is 4. The highest BCUT2D eigenvalue weighted by Crippen LogP contribution is 2.30. The summed E-state index contributed by atoms with van der Waals surface area (Å²) in [5.74, 6) is 0.918. The topological polar surface area (TPSA) is 81.9 Å². The first-order chi connectivity index (χ1) is 16.2. The van der Waals surface area contributed by atoms with E-state index in [1.807, 2.05) is 47.2 Å². The predicted octanol–water partition coefficient (Wildman–Crippen LogP) is 5.80. The first-order valence-corrected chi connectivity index (χ1v) is 13.9. The largest absolute Gasteiger partial charge is 0.376 e. The minimum atomic E-state index is -0.125. The van der Waals surface area contributed by atoms with Crippen LogP contribution in [0.5, 0.6) is 0 Å². The number of anilines is 1. The molecule has 4 heterocycles. The first kappa shape index (κ1) is 22.7. The highest BCUT2D eigenvalue weighted by Gasteiger charge is 2.22. The van der Waals surface area contributed by atoms with E-state index in [0.717, 1.165) is 51.0 Å². The van der Waals surface area contributed by atoms with E-state index in [0.29, 0.717) is 11.7 Å². The maximum atomic E-state index is 12.6. The average Bonchev–Trinajstić information content (AvgIpc) is 3.60. The van der Waals surface area contributed by atoms with Crippen molar-refractivity contribution in [3.05, 3.63) is 51.6 Å². The molecule has 0 radical (unpaired) electrons. The van der Waals surface area contributed by atoms with Crippen LogP contribution in [0.4, 0.5) is 5.13 Å². The van der Waals surface area contributed by atoms with E-state index < -0.39 is 0 Å². The summed E-state index contributed by atoms with van der Waals surface area (Å²) >= 11 is 7.90. The van der Waals surface area contributed by atoms with Crippen LogP contribution in [0, 0.1) is 0 Å². The number of hydrogen-bond donors (Lipinski definition) is 1. The summed E-state index contributed by atoms with van der Waals surface area (Å²) in [6.45, 7) is 1.48. The Hall–Kier alpha value is -2.05. The fraction of sp³-hybridized carbons (Fsp3) is 0.273. The van der Waals surface area contributed by atoms with E-state index in [9.17, 15) is 4.79 Å². The van der Waals surface area contributed by atoms with E-state index in [-0.39, 0.29) is 17.8 Å². The third kappa shape index (κ3) is 5.55.